The topological polar surface area (TPSA) is 160 Å². The lowest BCUT2D eigenvalue weighted by Crippen LogP contribution is -2.55. The molecule has 4 amide bonds. The molecular weight excluding hydrogens is 571 g/mol. The first kappa shape index (κ1) is 30.5. The molecule has 1 aliphatic rings. The molecule has 11 nitrogen and oxygen atoms in total. The average Bonchev–Trinajstić information content (AvgIpc) is 3.39. The van der Waals surface area contributed by atoms with E-state index in [4.69, 9.17) is 23.2 Å². The van der Waals surface area contributed by atoms with Gasteiger partial charge in [-0.1, -0.05) is 41.4 Å². The van der Waals surface area contributed by atoms with Gasteiger partial charge in [-0.05, 0) is 29.8 Å². The zero-order valence-electron chi connectivity index (χ0n) is 20.7. The number of amides is 4. The Morgan fingerprint density at radius 3 is 2.21 bits per heavy atom. The van der Waals surface area contributed by atoms with Crippen molar-refractivity contribution >= 4 is 64.5 Å². The lowest BCUT2D eigenvalue weighted by atomic mass is 10.0. The zero-order valence-corrected chi connectivity index (χ0v) is 23.0. The Kier molecular flexibility index (Phi) is 11.3. The molecule has 0 saturated carbocycles. The SMILES string of the molecule is O=C(Nc1ccc(CC(NC(=O)C2CSCN2C(=O)N(CCO)CCO)C(=O)O)cc1)c1c(Cl)cccc1Cl. The van der Waals surface area contributed by atoms with Crippen LogP contribution >= 0.6 is 35.0 Å². The zero-order chi connectivity index (χ0) is 28.5. The van der Waals surface area contributed by atoms with Crippen LogP contribution in [0.4, 0.5) is 10.5 Å². The molecule has 2 aromatic carbocycles. The maximum absolute atomic E-state index is 13.0. The number of hydrogen-bond donors (Lipinski definition) is 5. The fourth-order valence-electron chi connectivity index (χ4n) is 3.91. The molecule has 3 rings (SSSR count). The first-order valence-corrected chi connectivity index (χ1v) is 13.8. The summed E-state index contributed by atoms with van der Waals surface area (Å²) in [6.45, 7) is -0.620. The van der Waals surface area contributed by atoms with E-state index >= 15 is 0 Å². The Balaban J connectivity index is 1.64. The van der Waals surface area contributed by atoms with Crippen molar-refractivity contribution in [1.29, 1.82) is 0 Å². The minimum atomic E-state index is -1.27. The number of aliphatic hydroxyl groups is 2. The second-order valence-electron chi connectivity index (χ2n) is 8.55. The summed E-state index contributed by atoms with van der Waals surface area (Å²) in [6, 6.07) is 8.43. The lowest BCUT2D eigenvalue weighted by Gasteiger charge is -2.30. The van der Waals surface area contributed by atoms with E-state index in [2.05, 4.69) is 10.6 Å². The summed E-state index contributed by atoms with van der Waals surface area (Å²) in [5.41, 5.74) is 1.15. The number of halogens is 2. The number of aliphatic carboxylic acids is 1. The Labute approximate surface area is 239 Å². The molecule has 2 unspecified atom stereocenters. The number of thioether (sulfide) groups is 1. The standard InChI is InChI=1S/C25H28Cl2N4O7S/c26-17-2-1-3-18(27)21(17)23(35)28-16-6-4-15(5-7-16)12-19(24(36)37)29-22(34)20-13-39-14-31(20)25(38)30(8-10-32)9-11-33/h1-7,19-20,32-33H,8-14H2,(H,28,35)(H,29,34)(H,36,37). The third kappa shape index (κ3) is 7.99. The lowest BCUT2D eigenvalue weighted by molar-refractivity contribution is -0.142. The number of carbonyl (C=O) groups is 4. The molecule has 39 heavy (non-hydrogen) atoms. The van der Waals surface area contributed by atoms with Crippen LogP contribution in [0.1, 0.15) is 15.9 Å². The van der Waals surface area contributed by atoms with Gasteiger partial charge in [0.1, 0.15) is 12.1 Å². The summed E-state index contributed by atoms with van der Waals surface area (Å²) in [4.78, 5) is 52.9. The number of urea groups is 1. The van der Waals surface area contributed by atoms with Crippen LogP contribution in [0, 0.1) is 0 Å². The third-order valence-electron chi connectivity index (χ3n) is 5.90. The summed E-state index contributed by atoms with van der Waals surface area (Å²) >= 11 is 13.5. The molecule has 1 fully saturated rings. The third-order valence-corrected chi connectivity index (χ3v) is 7.54. The van der Waals surface area contributed by atoms with E-state index in [1.54, 1.807) is 42.5 Å². The van der Waals surface area contributed by atoms with Crippen LogP contribution in [0.3, 0.4) is 0 Å². The van der Waals surface area contributed by atoms with Crippen LogP contribution in [-0.4, -0.2) is 99.0 Å². The van der Waals surface area contributed by atoms with Gasteiger partial charge in [0, 0.05) is 31.0 Å². The van der Waals surface area contributed by atoms with Crippen LogP contribution in [0.5, 0.6) is 0 Å². The second kappa shape index (κ2) is 14.4. The van der Waals surface area contributed by atoms with Gasteiger partial charge in [-0.2, -0.15) is 0 Å². The van der Waals surface area contributed by atoms with E-state index in [1.807, 2.05) is 0 Å². The van der Waals surface area contributed by atoms with Crippen LogP contribution in [0.15, 0.2) is 42.5 Å². The van der Waals surface area contributed by atoms with Gasteiger partial charge in [-0.25, -0.2) is 9.59 Å². The highest BCUT2D eigenvalue weighted by Gasteiger charge is 2.38. The highest BCUT2D eigenvalue weighted by atomic mass is 35.5. The maximum Gasteiger partial charge on any atom is 0.326 e. The Morgan fingerprint density at radius 1 is 1.03 bits per heavy atom. The molecular formula is C25H28Cl2N4O7S. The molecule has 1 aliphatic heterocycles. The Hall–Kier alpha value is -3.03. The minimum absolute atomic E-state index is 0.00543. The molecule has 14 heteroatoms. The average molecular weight is 599 g/mol. The van der Waals surface area contributed by atoms with E-state index in [9.17, 15) is 34.5 Å². The number of carboxylic acid groups (broad SMARTS) is 1. The number of nitrogens with zero attached hydrogens (tertiary/aromatic N) is 2. The predicted octanol–water partition coefficient (Wildman–Crippen LogP) is 2.14. The van der Waals surface area contributed by atoms with Gasteiger partial charge in [0.2, 0.25) is 5.91 Å². The first-order valence-electron chi connectivity index (χ1n) is 11.9. The van der Waals surface area contributed by atoms with E-state index in [1.165, 1.54) is 21.6 Å². The van der Waals surface area contributed by atoms with Crippen molar-refractivity contribution in [3.8, 4) is 0 Å². The minimum Gasteiger partial charge on any atom is -0.480 e. The number of nitrogens with one attached hydrogen (secondary N) is 2. The summed E-state index contributed by atoms with van der Waals surface area (Å²) < 4.78 is 0. The van der Waals surface area contributed by atoms with Crippen molar-refractivity contribution in [3.05, 3.63) is 63.6 Å². The Bertz CT molecular complexity index is 1180. The highest BCUT2D eigenvalue weighted by molar-refractivity contribution is 7.99. The predicted molar refractivity (Wildman–Crippen MR) is 148 cm³/mol. The van der Waals surface area contributed by atoms with E-state index < -0.39 is 35.9 Å². The fraction of sp³-hybridized carbons (Fsp3) is 0.360. The second-order valence-corrected chi connectivity index (χ2v) is 10.4. The van der Waals surface area contributed by atoms with E-state index in [-0.39, 0.29) is 60.0 Å². The fourth-order valence-corrected chi connectivity index (χ4v) is 5.63. The molecule has 2 atom stereocenters. The van der Waals surface area contributed by atoms with E-state index in [0.717, 1.165) is 0 Å². The monoisotopic (exact) mass is 598 g/mol. The molecule has 0 radical (unpaired) electrons. The molecule has 1 saturated heterocycles. The van der Waals surface area contributed by atoms with Crippen LogP contribution < -0.4 is 10.6 Å². The summed E-state index contributed by atoms with van der Waals surface area (Å²) in [5.74, 6) is -1.87. The van der Waals surface area contributed by atoms with Crippen molar-refractivity contribution in [2.75, 3.05) is 43.2 Å². The van der Waals surface area contributed by atoms with Crippen LogP contribution in [0.2, 0.25) is 10.0 Å². The summed E-state index contributed by atoms with van der Waals surface area (Å²) in [5, 5.41) is 33.8. The van der Waals surface area contributed by atoms with Crippen LogP contribution in [0.25, 0.3) is 0 Å². The molecule has 1 heterocycles. The van der Waals surface area contributed by atoms with Gasteiger partial charge < -0.3 is 35.8 Å². The van der Waals surface area contributed by atoms with Crippen molar-refractivity contribution in [3.63, 3.8) is 0 Å². The summed E-state index contributed by atoms with van der Waals surface area (Å²) in [7, 11) is 0. The number of carbonyl (C=O) groups excluding carboxylic acids is 3. The quantitative estimate of drug-likeness (QED) is 0.263. The number of aliphatic hydroxyl groups excluding tert-OH is 2. The Morgan fingerprint density at radius 2 is 1.64 bits per heavy atom. The molecule has 0 bridgehead atoms. The molecule has 0 aliphatic carbocycles. The maximum atomic E-state index is 13.0. The molecule has 0 spiro atoms. The van der Waals surface area contributed by atoms with E-state index in [0.29, 0.717) is 11.3 Å². The number of anilines is 1. The first-order chi connectivity index (χ1) is 18.7. The van der Waals surface area contributed by atoms with Crippen molar-refractivity contribution in [1.82, 2.24) is 15.1 Å². The highest BCUT2D eigenvalue weighted by Crippen LogP contribution is 2.26. The summed E-state index contributed by atoms with van der Waals surface area (Å²) in [6.07, 6.45) is -0.0411. The van der Waals surface area contributed by atoms with Gasteiger partial charge >= 0.3 is 12.0 Å². The van der Waals surface area contributed by atoms with Gasteiger partial charge in [0.05, 0.1) is 34.7 Å². The molecule has 5 N–H and O–H groups in total. The smallest absolute Gasteiger partial charge is 0.326 e. The molecule has 210 valence electrons. The van der Waals surface area contributed by atoms with Crippen molar-refractivity contribution < 1.29 is 34.5 Å². The number of carboxylic acids is 1. The number of hydrogen-bond acceptors (Lipinski definition) is 7. The number of benzene rings is 2. The largest absolute Gasteiger partial charge is 0.480 e. The van der Waals surface area contributed by atoms with Gasteiger partial charge in [0.25, 0.3) is 5.91 Å². The van der Waals surface area contributed by atoms with Crippen LogP contribution in [-0.2, 0) is 16.0 Å². The normalized spacial score (nSPS) is 15.5. The molecule has 0 aromatic heterocycles. The van der Waals surface area contributed by atoms with Gasteiger partial charge in [-0.3, -0.25) is 9.59 Å². The van der Waals surface area contributed by atoms with Gasteiger partial charge in [0.15, 0.2) is 0 Å². The molecule has 2 aromatic rings. The van der Waals surface area contributed by atoms with Crippen molar-refractivity contribution in [2.45, 2.75) is 18.5 Å². The van der Waals surface area contributed by atoms with Gasteiger partial charge in [-0.15, -0.1) is 11.8 Å². The number of rotatable bonds is 11. The van der Waals surface area contributed by atoms with Crippen molar-refractivity contribution in [2.24, 2.45) is 0 Å².